The molecule has 1 aliphatic rings. The normalized spacial score (nSPS) is 22.5. The van der Waals surface area contributed by atoms with Crippen LogP contribution in [0.5, 0.6) is 0 Å². The van der Waals surface area contributed by atoms with Crippen molar-refractivity contribution in [2.24, 2.45) is 5.92 Å². The average Bonchev–Trinajstić information content (AvgIpc) is 2.55. The van der Waals surface area contributed by atoms with Crippen LogP contribution in [0.2, 0.25) is 0 Å². The number of benzene rings is 2. The summed E-state index contributed by atoms with van der Waals surface area (Å²) in [5.41, 5.74) is 3.69. The van der Waals surface area contributed by atoms with E-state index in [0.717, 1.165) is 19.3 Å². The van der Waals surface area contributed by atoms with Crippen molar-refractivity contribution in [3.05, 3.63) is 66.2 Å². The van der Waals surface area contributed by atoms with E-state index in [9.17, 15) is 5.11 Å². The van der Waals surface area contributed by atoms with Crippen LogP contribution in [0.3, 0.4) is 0 Å². The molecule has 0 bridgehead atoms. The molecule has 2 aromatic rings. The van der Waals surface area contributed by atoms with Gasteiger partial charge in [0.2, 0.25) is 0 Å². The van der Waals surface area contributed by atoms with Gasteiger partial charge < -0.3 is 5.11 Å². The van der Waals surface area contributed by atoms with Gasteiger partial charge in [0, 0.05) is 5.92 Å². The Labute approximate surface area is 127 Å². The quantitative estimate of drug-likeness (QED) is 0.845. The van der Waals surface area contributed by atoms with Gasteiger partial charge in [0.1, 0.15) is 0 Å². The summed E-state index contributed by atoms with van der Waals surface area (Å²) in [6.45, 7) is 0. The van der Waals surface area contributed by atoms with E-state index in [1.165, 1.54) is 23.1 Å². The lowest BCUT2D eigenvalue weighted by atomic mass is 9.86. The highest BCUT2D eigenvalue weighted by molar-refractivity contribution is 5.65. The van der Waals surface area contributed by atoms with Crippen LogP contribution in [0.25, 0.3) is 17.2 Å². The minimum Gasteiger partial charge on any atom is -0.393 e. The fraction of sp³-hybridized carbons (Fsp3) is 0.300. The van der Waals surface area contributed by atoms with Crippen LogP contribution in [-0.2, 0) is 0 Å². The van der Waals surface area contributed by atoms with Gasteiger partial charge in [-0.15, -0.1) is 0 Å². The second-order valence-corrected chi connectivity index (χ2v) is 5.86. The fourth-order valence-electron chi connectivity index (χ4n) is 3.02. The Balaban J connectivity index is 1.70. The molecule has 0 radical (unpaired) electrons. The van der Waals surface area contributed by atoms with Gasteiger partial charge >= 0.3 is 0 Å². The first-order valence-corrected chi connectivity index (χ1v) is 7.85. The smallest absolute Gasteiger partial charge is 0.0602 e. The number of rotatable bonds is 3. The molecule has 2 atom stereocenters. The lowest BCUT2D eigenvalue weighted by Gasteiger charge is -2.24. The van der Waals surface area contributed by atoms with Gasteiger partial charge in [-0.2, -0.15) is 0 Å². The molecule has 0 aliphatic heterocycles. The molecule has 1 saturated carbocycles. The summed E-state index contributed by atoms with van der Waals surface area (Å²) in [4.78, 5) is 0. The summed E-state index contributed by atoms with van der Waals surface area (Å²) >= 11 is 0. The Hall–Kier alpha value is -1.86. The van der Waals surface area contributed by atoms with Crippen molar-refractivity contribution < 1.29 is 5.11 Å². The van der Waals surface area contributed by atoms with Crippen LogP contribution < -0.4 is 0 Å². The predicted octanol–water partition coefficient (Wildman–Crippen LogP) is 4.92. The topological polar surface area (TPSA) is 20.2 Å². The van der Waals surface area contributed by atoms with Crippen LogP contribution in [0.4, 0.5) is 0 Å². The average molecular weight is 278 g/mol. The molecule has 21 heavy (non-hydrogen) atoms. The lowest BCUT2D eigenvalue weighted by Crippen LogP contribution is -2.22. The number of hydrogen-bond donors (Lipinski definition) is 1. The van der Waals surface area contributed by atoms with Crippen molar-refractivity contribution >= 4 is 6.08 Å². The van der Waals surface area contributed by atoms with Crippen LogP contribution in [-0.4, -0.2) is 11.2 Å². The molecular formula is C20H22O. The molecule has 0 aromatic heterocycles. The van der Waals surface area contributed by atoms with Crippen LogP contribution in [0.1, 0.15) is 31.2 Å². The summed E-state index contributed by atoms with van der Waals surface area (Å²) in [5, 5.41) is 9.99. The Morgan fingerprint density at radius 2 is 1.48 bits per heavy atom. The molecule has 108 valence electrons. The second kappa shape index (κ2) is 6.73. The van der Waals surface area contributed by atoms with Crippen LogP contribution >= 0.6 is 0 Å². The van der Waals surface area contributed by atoms with Crippen molar-refractivity contribution in [3.63, 3.8) is 0 Å². The van der Waals surface area contributed by atoms with E-state index < -0.39 is 0 Å². The van der Waals surface area contributed by atoms with Gasteiger partial charge in [0.25, 0.3) is 0 Å². The number of aliphatic hydroxyl groups excluding tert-OH is 1. The highest BCUT2D eigenvalue weighted by atomic mass is 16.3. The van der Waals surface area contributed by atoms with E-state index in [1.54, 1.807) is 0 Å². The lowest BCUT2D eigenvalue weighted by molar-refractivity contribution is 0.0931. The maximum atomic E-state index is 9.99. The highest BCUT2D eigenvalue weighted by Crippen LogP contribution is 2.26. The molecule has 1 heteroatoms. The summed E-state index contributed by atoms with van der Waals surface area (Å²) in [6.07, 6.45) is 8.63. The fourth-order valence-corrected chi connectivity index (χ4v) is 3.02. The Bertz CT molecular complexity index is 583. The molecule has 0 heterocycles. The summed E-state index contributed by atoms with van der Waals surface area (Å²) in [5.74, 6) is 0.326. The molecule has 2 aromatic carbocycles. The highest BCUT2D eigenvalue weighted by Gasteiger charge is 2.19. The zero-order chi connectivity index (χ0) is 14.5. The van der Waals surface area contributed by atoms with E-state index in [2.05, 4.69) is 60.7 Å². The van der Waals surface area contributed by atoms with Gasteiger partial charge in [-0.25, -0.2) is 0 Å². The Morgan fingerprint density at radius 3 is 2.19 bits per heavy atom. The third-order valence-electron chi connectivity index (χ3n) is 4.34. The molecule has 0 amide bonds. The van der Waals surface area contributed by atoms with Gasteiger partial charge in [0.05, 0.1) is 6.10 Å². The third-order valence-corrected chi connectivity index (χ3v) is 4.34. The summed E-state index contributed by atoms with van der Waals surface area (Å²) in [6, 6.07) is 19.0. The summed E-state index contributed by atoms with van der Waals surface area (Å²) < 4.78 is 0. The van der Waals surface area contributed by atoms with Crippen molar-refractivity contribution in [3.8, 4) is 11.1 Å². The minimum absolute atomic E-state index is 0.154. The van der Waals surface area contributed by atoms with Crippen molar-refractivity contribution in [1.82, 2.24) is 0 Å². The number of hydrogen-bond acceptors (Lipinski definition) is 1. The monoisotopic (exact) mass is 278 g/mol. The van der Waals surface area contributed by atoms with Crippen LogP contribution in [0.15, 0.2) is 60.7 Å². The first-order valence-electron chi connectivity index (χ1n) is 7.85. The third kappa shape index (κ3) is 3.62. The molecule has 1 aliphatic carbocycles. The van der Waals surface area contributed by atoms with Gasteiger partial charge in [-0.3, -0.25) is 0 Å². The van der Waals surface area contributed by atoms with E-state index in [1.807, 2.05) is 6.07 Å². The molecule has 0 saturated heterocycles. The largest absolute Gasteiger partial charge is 0.393 e. The molecule has 0 unspecified atom stereocenters. The van der Waals surface area contributed by atoms with Crippen LogP contribution in [0, 0.1) is 5.92 Å². The molecule has 0 spiro atoms. The van der Waals surface area contributed by atoms with Crippen molar-refractivity contribution in [1.29, 1.82) is 0 Å². The van der Waals surface area contributed by atoms with E-state index in [0.29, 0.717) is 5.92 Å². The first-order chi connectivity index (χ1) is 10.3. The van der Waals surface area contributed by atoms with Crippen molar-refractivity contribution in [2.75, 3.05) is 0 Å². The molecular weight excluding hydrogens is 256 g/mol. The maximum absolute atomic E-state index is 9.99. The maximum Gasteiger partial charge on any atom is 0.0602 e. The second-order valence-electron chi connectivity index (χ2n) is 5.86. The Kier molecular flexibility index (Phi) is 4.52. The summed E-state index contributed by atoms with van der Waals surface area (Å²) in [7, 11) is 0. The molecule has 1 N–H and O–H groups in total. The molecule has 1 fully saturated rings. The molecule has 1 nitrogen and oxygen atoms in total. The van der Waals surface area contributed by atoms with Gasteiger partial charge in [-0.1, -0.05) is 79.6 Å². The van der Waals surface area contributed by atoms with E-state index in [-0.39, 0.29) is 6.10 Å². The molecule has 3 rings (SSSR count). The zero-order valence-electron chi connectivity index (χ0n) is 12.3. The standard InChI is InChI=1S/C20H22O/c21-20-9-5-4-8-19(20)15-12-16-10-13-18(14-11-16)17-6-2-1-3-7-17/h1-3,6-7,10-15,19-21H,4-5,8-9H2/b15-12+/t19-,20+/m0/s1. The van der Waals surface area contributed by atoms with Gasteiger partial charge in [0.15, 0.2) is 0 Å². The predicted molar refractivity (Wildman–Crippen MR) is 88.9 cm³/mol. The van der Waals surface area contributed by atoms with E-state index in [4.69, 9.17) is 0 Å². The Morgan fingerprint density at radius 1 is 0.810 bits per heavy atom. The number of aliphatic hydroxyl groups is 1. The first kappa shape index (κ1) is 14.1. The van der Waals surface area contributed by atoms with Crippen molar-refractivity contribution in [2.45, 2.75) is 31.8 Å². The minimum atomic E-state index is -0.154. The van der Waals surface area contributed by atoms with E-state index >= 15 is 0 Å². The zero-order valence-corrected chi connectivity index (χ0v) is 12.3. The van der Waals surface area contributed by atoms with Gasteiger partial charge in [-0.05, 0) is 29.5 Å². The SMILES string of the molecule is O[C@@H]1CCCC[C@H]1/C=C/c1ccc(-c2ccccc2)cc1.